The lowest BCUT2D eigenvalue weighted by Crippen LogP contribution is -2.16. The third kappa shape index (κ3) is 1.64. The topological polar surface area (TPSA) is 59.9 Å². The number of hydrogen-bond acceptors (Lipinski definition) is 5. The SMILES string of the molecule is CCC(C)S(=O)(=O)c1nncs1. The van der Waals surface area contributed by atoms with Crippen LogP contribution in [-0.2, 0) is 9.84 Å². The van der Waals surface area contributed by atoms with Crippen LogP contribution in [-0.4, -0.2) is 23.9 Å². The molecule has 68 valence electrons. The summed E-state index contributed by atoms with van der Waals surface area (Å²) in [7, 11) is -3.20. The lowest BCUT2D eigenvalue weighted by atomic mass is 10.4. The summed E-state index contributed by atoms with van der Waals surface area (Å²) in [6.07, 6.45) is 0.599. The summed E-state index contributed by atoms with van der Waals surface area (Å²) in [4.78, 5) is 0. The Hall–Kier alpha value is -0.490. The second kappa shape index (κ2) is 3.49. The lowest BCUT2D eigenvalue weighted by molar-refractivity contribution is 0.579. The Bertz CT molecular complexity index is 330. The van der Waals surface area contributed by atoms with Crippen molar-refractivity contribution in [3.8, 4) is 0 Å². The third-order valence-corrected chi connectivity index (χ3v) is 5.12. The third-order valence-electron chi connectivity index (χ3n) is 1.69. The predicted molar refractivity (Wildman–Crippen MR) is 46.8 cm³/mol. The molecule has 0 saturated heterocycles. The van der Waals surface area contributed by atoms with Crippen molar-refractivity contribution in [2.75, 3.05) is 0 Å². The van der Waals surface area contributed by atoms with E-state index in [9.17, 15) is 8.42 Å². The van der Waals surface area contributed by atoms with E-state index in [2.05, 4.69) is 10.2 Å². The summed E-state index contributed by atoms with van der Waals surface area (Å²) in [5, 5.41) is 6.66. The molecule has 0 saturated carbocycles. The molecule has 1 heterocycles. The fraction of sp³-hybridized carbons (Fsp3) is 0.667. The van der Waals surface area contributed by atoms with E-state index in [1.165, 1.54) is 5.51 Å². The number of hydrogen-bond donors (Lipinski definition) is 0. The number of rotatable bonds is 3. The molecule has 0 radical (unpaired) electrons. The van der Waals surface area contributed by atoms with Crippen LogP contribution in [0.15, 0.2) is 9.85 Å². The van der Waals surface area contributed by atoms with E-state index in [1.54, 1.807) is 6.92 Å². The molecule has 0 bridgehead atoms. The summed E-state index contributed by atoms with van der Waals surface area (Å²) in [6, 6.07) is 0. The highest BCUT2D eigenvalue weighted by Crippen LogP contribution is 2.18. The van der Waals surface area contributed by atoms with E-state index in [0.29, 0.717) is 6.42 Å². The van der Waals surface area contributed by atoms with Crippen molar-refractivity contribution < 1.29 is 8.42 Å². The van der Waals surface area contributed by atoms with Gasteiger partial charge in [0.15, 0.2) is 0 Å². The van der Waals surface area contributed by atoms with Crippen LogP contribution in [0.25, 0.3) is 0 Å². The molecule has 0 amide bonds. The maximum Gasteiger partial charge on any atom is 0.232 e. The van der Waals surface area contributed by atoms with E-state index in [0.717, 1.165) is 11.3 Å². The maximum absolute atomic E-state index is 11.5. The first-order valence-electron chi connectivity index (χ1n) is 3.59. The molecule has 1 aromatic rings. The average Bonchev–Trinajstić information content (AvgIpc) is 2.55. The zero-order valence-electron chi connectivity index (χ0n) is 6.89. The van der Waals surface area contributed by atoms with Crippen molar-refractivity contribution in [2.24, 2.45) is 0 Å². The van der Waals surface area contributed by atoms with Crippen molar-refractivity contribution in [1.82, 2.24) is 10.2 Å². The first kappa shape index (κ1) is 9.60. The molecule has 4 nitrogen and oxygen atoms in total. The Morgan fingerprint density at radius 1 is 1.67 bits per heavy atom. The number of nitrogens with zero attached hydrogens (tertiary/aromatic N) is 2. The molecule has 1 rings (SSSR count). The minimum atomic E-state index is -3.20. The zero-order chi connectivity index (χ0) is 9.19. The quantitative estimate of drug-likeness (QED) is 0.743. The highest BCUT2D eigenvalue weighted by molar-refractivity contribution is 7.93. The van der Waals surface area contributed by atoms with Gasteiger partial charge in [0.05, 0.1) is 5.25 Å². The van der Waals surface area contributed by atoms with Gasteiger partial charge in [-0.05, 0) is 13.3 Å². The van der Waals surface area contributed by atoms with Crippen molar-refractivity contribution in [2.45, 2.75) is 29.9 Å². The van der Waals surface area contributed by atoms with Crippen molar-refractivity contribution in [3.63, 3.8) is 0 Å². The Kier molecular flexibility index (Phi) is 2.79. The molecule has 1 atom stereocenters. The van der Waals surface area contributed by atoms with Crippen molar-refractivity contribution in [1.29, 1.82) is 0 Å². The molecule has 1 unspecified atom stereocenters. The normalized spacial score (nSPS) is 14.5. The van der Waals surface area contributed by atoms with E-state index in [4.69, 9.17) is 0 Å². The van der Waals surface area contributed by atoms with E-state index >= 15 is 0 Å². The van der Waals surface area contributed by atoms with Crippen molar-refractivity contribution >= 4 is 21.2 Å². The van der Waals surface area contributed by atoms with Crippen LogP contribution in [0.5, 0.6) is 0 Å². The van der Waals surface area contributed by atoms with Gasteiger partial charge in [-0.2, -0.15) is 0 Å². The van der Waals surface area contributed by atoms with E-state index in [-0.39, 0.29) is 9.59 Å². The first-order chi connectivity index (χ1) is 5.59. The largest absolute Gasteiger partial charge is 0.232 e. The maximum atomic E-state index is 11.5. The summed E-state index contributed by atoms with van der Waals surface area (Å²) < 4.78 is 23.2. The van der Waals surface area contributed by atoms with Gasteiger partial charge in [0.25, 0.3) is 0 Å². The molecule has 0 N–H and O–H groups in total. The van der Waals surface area contributed by atoms with Gasteiger partial charge in [0.1, 0.15) is 5.51 Å². The van der Waals surface area contributed by atoms with Gasteiger partial charge in [-0.25, -0.2) is 8.42 Å². The van der Waals surface area contributed by atoms with Gasteiger partial charge >= 0.3 is 0 Å². The second-order valence-corrected chi connectivity index (χ2v) is 5.84. The molecule has 0 fully saturated rings. The van der Waals surface area contributed by atoms with Crippen LogP contribution in [0.1, 0.15) is 20.3 Å². The Labute approximate surface area is 75.6 Å². The molecule has 1 aromatic heterocycles. The highest BCUT2D eigenvalue weighted by atomic mass is 32.2. The van der Waals surface area contributed by atoms with Crippen LogP contribution in [0.2, 0.25) is 0 Å². The molecule has 12 heavy (non-hydrogen) atoms. The molecule has 0 aliphatic rings. The molecular formula is C6H10N2O2S2. The van der Waals surface area contributed by atoms with Crippen molar-refractivity contribution in [3.05, 3.63) is 5.51 Å². The summed E-state index contributed by atoms with van der Waals surface area (Å²) in [6.45, 7) is 3.51. The van der Waals surface area contributed by atoms with Crippen LogP contribution >= 0.6 is 11.3 Å². The minimum Gasteiger partial charge on any atom is -0.221 e. The molecule has 0 aromatic carbocycles. The molecule has 0 spiro atoms. The fourth-order valence-electron chi connectivity index (χ4n) is 0.678. The predicted octanol–water partition coefficient (Wildman–Crippen LogP) is 1.11. The van der Waals surface area contributed by atoms with Crippen LogP contribution in [0, 0.1) is 0 Å². The minimum absolute atomic E-state index is 0.122. The first-order valence-corrected chi connectivity index (χ1v) is 6.01. The number of aromatic nitrogens is 2. The van der Waals surface area contributed by atoms with Crippen LogP contribution in [0.4, 0.5) is 0 Å². The van der Waals surface area contributed by atoms with E-state index in [1.807, 2.05) is 6.92 Å². The lowest BCUT2D eigenvalue weighted by Gasteiger charge is -2.05. The zero-order valence-corrected chi connectivity index (χ0v) is 8.52. The molecule has 6 heteroatoms. The van der Waals surface area contributed by atoms with Gasteiger partial charge in [-0.3, -0.25) is 0 Å². The summed E-state index contributed by atoms with van der Waals surface area (Å²) in [5.74, 6) is 0. The molecule has 0 aliphatic carbocycles. The van der Waals surface area contributed by atoms with Gasteiger partial charge in [0.2, 0.25) is 14.2 Å². The van der Waals surface area contributed by atoms with E-state index < -0.39 is 9.84 Å². The van der Waals surface area contributed by atoms with Gasteiger partial charge in [-0.15, -0.1) is 10.2 Å². The number of sulfone groups is 1. The Morgan fingerprint density at radius 2 is 2.33 bits per heavy atom. The standard InChI is InChI=1S/C6H10N2O2S2/c1-3-5(2)12(9,10)6-8-7-4-11-6/h4-5H,3H2,1-2H3. The Balaban J connectivity index is 3.03. The van der Waals surface area contributed by atoms with Crippen LogP contribution in [0.3, 0.4) is 0 Å². The Morgan fingerprint density at radius 3 is 2.75 bits per heavy atom. The molecular weight excluding hydrogens is 196 g/mol. The monoisotopic (exact) mass is 206 g/mol. The second-order valence-electron chi connectivity index (χ2n) is 2.47. The molecule has 0 aliphatic heterocycles. The average molecular weight is 206 g/mol. The smallest absolute Gasteiger partial charge is 0.221 e. The van der Waals surface area contributed by atoms with Crippen LogP contribution < -0.4 is 0 Å². The highest BCUT2D eigenvalue weighted by Gasteiger charge is 2.24. The van der Waals surface area contributed by atoms with Gasteiger partial charge in [-0.1, -0.05) is 18.3 Å². The van der Waals surface area contributed by atoms with Gasteiger partial charge in [0, 0.05) is 0 Å². The summed E-state index contributed by atoms with van der Waals surface area (Å²) in [5.41, 5.74) is 1.43. The summed E-state index contributed by atoms with van der Waals surface area (Å²) >= 11 is 1.06. The fourth-order valence-corrected chi connectivity index (χ4v) is 3.06. The van der Waals surface area contributed by atoms with Gasteiger partial charge < -0.3 is 0 Å².